The lowest BCUT2D eigenvalue weighted by Crippen LogP contribution is -2.51. The molecule has 1 N–H and O–H groups in total. The number of nitrogens with zero attached hydrogens (tertiary/aromatic N) is 1. The second-order valence-corrected chi connectivity index (χ2v) is 9.87. The minimum atomic E-state index is -0.572. The zero-order valence-corrected chi connectivity index (χ0v) is 21.6. The largest absolute Gasteiger partial charge is 0.352 e. The van der Waals surface area contributed by atoms with Crippen LogP contribution in [-0.2, 0) is 21.9 Å². The molecule has 32 heavy (non-hydrogen) atoms. The van der Waals surface area contributed by atoms with E-state index < -0.39 is 6.04 Å². The van der Waals surface area contributed by atoms with Crippen molar-refractivity contribution >= 4 is 58.4 Å². The Morgan fingerprint density at radius 3 is 2.38 bits per heavy atom. The van der Waals surface area contributed by atoms with Gasteiger partial charge < -0.3 is 10.2 Å². The highest BCUT2D eigenvalue weighted by Crippen LogP contribution is 2.25. The second-order valence-electron chi connectivity index (χ2n) is 7.63. The third kappa shape index (κ3) is 8.18. The highest BCUT2D eigenvalue weighted by atomic mass is 35.5. The molecule has 174 valence electrons. The fraction of sp³-hybridized carbons (Fsp3) is 0.417. The van der Waals surface area contributed by atoms with Crippen molar-refractivity contribution in [1.82, 2.24) is 10.2 Å². The van der Waals surface area contributed by atoms with E-state index in [1.165, 1.54) is 11.8 Å². The van der Waals surface area contributed by atoms with Crippen LogP contribution < -0.4 is 5.32 Å². The molecule has 0 spiro atoms. The number of hydrogen-bond acceptors (Lipinski definition) is 3. The molecule has 0 aliphatic carbocycles. The number of amides is 2. The molecule has 2 rings (SSSR count). The number of benzene rings is 2. The van der Waals surface area contributed by atoms with Crippen LogP contribution in [0.2, 0.25) is 15.1 Å². The highest BCUT2D eigenvalue weighted by Gasteiger charge is 2.29. The maximum Gasteiger partial charge on any atom is 0.243 e. The lowest BCUT2D eigenvalue weighted by atomic mass is 10.1. The van der Waals surface area contributed by atoms with Crippen LogP contribution in [0.3, 0.4) is 0 Å². The lowest BCUT2D eigenvalue weighted by molar-refractivity contribution is -0.139. The summed E-state index contributed by atoms with van der Waals surface area (Å²) in [5, 5.41) is 4.55. The minimum absolute atomic E-state index is 0.0377. The molecule has 0 saturated carbocycles. The summed E-state index contributed by atoms with van der Waals surface area (Å²) in [5.41, 5.74) is 1.87. The van der Waals surface area contributed by atoms with Gasteiger partial charge in [0.05, 0.1) is 15.8 Å². The zero-order valence-electron chi connectivity index (χ0n) is 18.5. The number of carbonyl (C=O) groups is 2. The molecule has 0 saturated heterocycles. The Bertz CT molecular complexity index is 926. The van der Waals surface area contributed by atoms with Crippen LogP contribution in [0.15, 0.2) is 42.5 Å². The van der Waals surface area contributed by atoms with Crippen LogP contribution in [0.25, 0.3) is 0 Å². The van der Waals surface area contributed by atoms with Gasteiger partial charge >= 0.3 is 0 Å². The van der Waals surface area contributed by atoms with Gasteiger partial charge in [0.15, 0.2) is 0 Å². The molecule has 0 bridgehead atoms. The third-order valence-electron chi connectivity index (χ3n) is 5.11. The maximum absolute atomic E-state index is 13.3. The Balaban J connectivity index is 2.17. The molecule has 2 aromatic carbocycles. The number of carbonyl (C=O) groups excluding carboxylic acids is 2. The van der Waals surface area contributed by atoms with Gasteiger partial charge in [0.1, 0.15) is 6.04 Å². The van der Waals surface area contributed by atoms with E-state index >= 15 is 0 Å². The van der Waals surface area contributed by atoms with Gasteiger partial charge in [-0.1, -0.05) is 66.8 Å². The van der Waals surface area contributed by atoms with Crippen LogP contribution in [-0.4, -0.2) is 34.6 Å². The first-order valence-corrected chi connectivity index (χ1v) is 12.9. The number of rotatable bonds is 11. The molecule has 8 heteroatoms. The van der Waals surface area contributed by atoms with E-state index in [-0.39, 0.29) is 30.2 Å². The SMILES string of the molecule is CCC(C)NC(=O)C(CC)N(Cc1ccc(Cl)c(Cl)c1)C(=O)CSCc1cccc(Cl)c1. The summed E-state index contributed by atoms with van der Waals surface area (Å²) in [5.74, 6) is 0.660. The molecule has 2 aromatic rings. The van der Waals surface area contributed by atoms with Crippen molar-refractivity contribution in [2.24, 2.45) is 0 Å². The molecule has 2 atom stereocenters. The molecule has 0 heterocycles. The Hall–Kier alpha value is -1.40. The minimum Gasteiger partial charge on any atom is -0.352 e. The van der Waals surface area contributed by atoms with Gasteiger partial charge in [0.2, 0.25) is 11.8 Å². The highest BCUT2D eigenvalue weighted by molar-refractivity contribution is 7.99. The standard InChI is InChI=1S/C24H29Cl3N2O2S/c1-4-16(3)28-24(31)22(5-2)29(13-17-9-10-20(26)21(27)12-17)23(30)15-32-14-18-7-6-8-19(25)11-18/h6-12,16,22H,4-5,13-15H2,1-3H3,(H,28,31). The van der Waals surface area contributed by atoms with Crippen molar-refractivity contribution in [2.45, 2.75) is 58.0 Å². The first-order chi connectivity index (χ1) is 15.2. The van der Waals surface area contributed by atoms with Crippen molar-refractivity contribution < 1.29 is 9.59 Å². The van der Waals surface area contributed by atoms with E-state index in [0.717, 1.165) is 17.5 Å². The fourth-order valence-electron chi connectivity index (χ4n) is 3.16. The van der Waals surface area contributed by atoms with E-state index in [1.807, 2.05) is 51.1 Å². The number of thioether (sulfide) groups is 1. The summed E-state index contributed by atoms with van der Waals surface area (Å²) in [6, 6.07) is 12.3. The van der Waals surface area contributed by atoms with Crippen molar-refractivity contribution in [3.8, 4) is 0 Å². The Morgan fingerprint density at radius 1 is 1.00 bits per heavy atom. The van der Waals surface area contributed by atoms with Crippen LogP contribution in [0.5, 0.6) is 0 Å². The molecule has 4 nitrogen and oxygen atoms in total. The Labute approximate surface area is 210 Å². The lowest BCUT2D eigenvalue weighted by Gasteiger charge is -2.31. The summed E-state index contributed by atoms with van der Waals surface area (Å²) in [4.78, 5) is 27.9. The average Bonchev–Trinajstić information content (AvgIpc) is 2.75. The van der Waals surface area contributed by atoms with Gasteiger partial charge in [-0.3, -0.25) is 9.59 Å². The van der Waals surface area contributed by atoms with Gasteiger partial charge in [-0.25, -0.2) is 0 Å². The van der Waals surface area contributed by atoms with E-state index in [2.05, 4.69) is 5.32 Å². The van der Waals surface area contributed by atoms with Crippen molar-refractivity contribution in [3.63, 3.8) is 0 Å². The predicted molar refractivity (Wildman–Crippen MR) is 137 cm³/mol. The second kappa shape index (κ2) is 13.3. The number of halogens is 3. The topological polar surface area (TPSA) is 49.4 Å². The molecule has 2 unspecified atom stereocenters. The van der Waals surface area contributed by atoms with E-state index in [1.54, 1.807) is 17.0 Å². The summed E-state index contributed by atoms with van der Waals surface area (Å²) < 4.78 is 0. The molecule has 0 radical (unpaired) electrons. The smallest absolute Gasteiger partial charge is 0.243 e. The zero-order chi connectivity index (χ0) is 23.7. The molecule has 0 aliphatic rings. The van der Waals surface area contributed by atoms with Gasteiger partial charge in [-0.05, 0) is 55.2 Å². The molecule has 0 fully saturated rings. The van der Waals surface area contributed by atoms with Gasteiger partial charge in [-0.2, -0.15) is 0 Å². The number of hydrogen-bond donors (Lipinski definition) is 1. The van der Waals surface area contributed by atoms with Crippen molar-refractivity contribution in [3.05, 3.63) is 68.7 Å². The van der Waals surface area contributed by atoms with E-state index in [9.17, 15) is 9.59 Å². The number of nitrogens with one attached hydrogen (secondary N) is 1. The van der Waals surface area contributed by atoms with Crippen LogP contribution in [0.1, 0.15) is 44.7 Å². The van der Waals surface area contributed by atoms with E-state index in [4.69, 9.17) is 34.8 Å². The van der Waals surface area contributed by atoms with Crippen molar-refractivity contribution in [2.75, 3.05) is 5.75 Å². The molecular formula is C24H29Cl3N2O2S. The van der Waals surface area contributed by atoms with Crippen molar-refractivity contribution in [1.29, 1.82) is 0 Å². The van der Waals surface area contributed by atoms with Crippen LogP contribution in [0, 0.1) is 0 Å². The third-order valence-corrected chi connectivity index (χ3v) is 7.07. The van der Waals surface area contributed by atoms with Gasteiger partial charge in [-0.15, -0.1) is 11.8 Å². The molecule has 2 amide bonds. The quantitative estimate of drug-likeness (QED) is 0.367. The molecule has 0 aromatic heterocycles. The normalized spacial score (nSPS) is 12.8. The predicted octanol–water partition coefficient (Wildman–Crippen LogP) is 6.60. The summed E-state index contributed by atoms with van der Waals surface area (Å²) >= 11 is 19.8. The molecular weight excluding hydrogens is 487 g/mol. The first kappa shape index (κ1) is 26.8. The van der Waals surface area contributed by atoms with Gasteiger partial charge in [0.25, 0.3) is 0 Å². The average molecular weight is 516 g/mol. The monoisotopic (exact) mass is 514 g/mol. The summed E-state index contributed by atoms with van der Waals surface area (Å²) in [6.45, 7) is 6.16. The fourth-order valence-corrected chi connectivity index (χ4v) is 4.55. The van der Waals surface area contributed by atoms with E-state index in [0.29, 0.717) is 27.2 Å². The van der Waals surface area contributed by atoms with Gasteiger partial charge in [0, 0.05) is 23.4 Å². The molecule has 0 aliphatic heterocycles. The van der Waals surface area contributed by atoms with Crippen LogP contribution >= 0.6 is 46.6 Å². The maximum atomic E-state index is 13.3. The Kier molecular flexibility index (Phi) is 11.2. The Morgan fingerprint density at radius 2 is 1.75 bits per heavy atom. The summed E-state index contributed by atoms with van der Waals surface area (Å²) in [6.07, 6.45) is 1.33. The van der Waals surface area contributed by atoms with Crippen LogP contribution in [0.4, 0.5) is 0 Å². The summed E-state index contributed by atoms with van der Waals surface area (Å²) in [7, 11) is 0. The first-order valence-electron chi connectivity index (χ1n) is 10.6.